The number of hydrogen-bond acceptors (Lipinski definition) is 2. The molecule has 3 heteroatoms. The van der Waals surface area contributed by atoms with Gasteiger partial charge in [-0.15, -0.1) is 11.3 Å². The Morgan fingerprint density at radius 2 is 2.00 bits per heavy atom. The molecule has 1 unspecified atom stereocenters. The van der Waals surface area contributed by atoms with E-state index in [1.807, 2.05) is 12.1 Å². The van der Waals surface area contributed by atoms with Crippen LogP contribution < -0.4 is 5.32 Å². The van der Waals surface area contributed by atoms with Crippen molar-refractivity contribution in [3.8, 4) is 0 Å². The first-order valence-electron chi connectivity index (χ1n) is 6.72. The van der Waals surface area contributed by atoms with E-state index in [1.165, 1.54) is 16.5 Å². The van der Waals surface area contributed by atoms with Crippen molar-refractivity contribution in [3.05, 3.63) is 57.5 Å². The van der Waals surface area contributed by atoms with Crippen molar-refractivity contribution < 1.29 is 4.39 Å². The lowest BCUT2D eigenvalue weighted by Gasteiger charge is -2.14. The van der Waals surface area contributed by atoms with E-state index in [4.69, 9.17) is 0 Å². The first kappa shape index (κ1) is 14.2. The maximum atomic E-state index is 13.6. The molecule has 1 heterocycles. The summed E-state index contributed by atoms with van der Waals surface area (Å²) in [5.74, 6) is -0.110. The topological polar surface area (TPSA) is 12.0 Å². The van der Waals surface area contributed by atoms with Gasteiger partial charge in [-0.1, -0.05) is 25.1 Å². The van der Waals surface area contributed by atoms with E-state index in [0.29, 0.717) is 0 Å². The van der Waals surface area contributed by atoms with E-state index in [1.54, 1.807) is 17.4 Å². The third-order valence-electron chi connectivity index (χ3n) is 3.31. The smallest absolute Gasteiger partial charge is 0.126 e. The second-order valence-electron chi connectivity index (χ2n) is 4.80. The number of halogens is 1. The molecule has 0 fully saturated rings. The van der Waals surface area contributed by atoms with Crippen LogP contribution in [0.2, 0.25) is 0 Å². The highest BCUT2D eigenvalue weighted by Crippen LogP contribution is 2.17. The van der Waals surface area contributed by atoms with E-state index in [2.05, 4.69) is 30.6 Å². The molecule has 1 atom stereocenters. The lowest BCUT2D eigenvalue weighted by molar-refractivity contribution is 0.527. The molecular formula is C16H20FNS. The van der Waals surface area contributed by atoms with Gasteiger partial charge in [0.15, 0.2) is 0 Å². The fraction of sp³-hybridized carbons (Fsp3) is 0.375. The van der Waals surface area contributed by atoms with Gasteiger partial charge in [0.05, 0.1) is 0 Å². The molecule has 0 saturated heterocycles. The summed E-state index contributed by atoms with van der Waals surface area (Å²) in [5.41, 5.74) is 2.19. The summed E-state index contributed by atoms with van der Waals surface area (Å²) < 4.78 is 13.6. The molecule has 0 radical (unpaired) electrons. The highest BCUT2D eigenvalue weighted by molar-refractivity contribution is 7.10. The minimum Gasteiger partial charge on any atom is -0.309 e. The summed E-state index contributed by atoms with van der Waals surface area (Å²) in [6.07, 6.45) is 1.79. The molecule has 0 spiro atoms. The number of rotatable bonds is 6. The second-order valence-corrected chi connectivity index (χ2v) is 5.80. The monoisotopic (exact) mass is 277 g/mol. The van der Waals surface area contributed by atoms with Crippen LogP contribution in [-0.4, -0.2) is 6.04 Å². The van der Waals surface area contributed by atoms with Crippen molar-refractivity contribution in [1.82, 2.24) is 5.32 Å². The molecule has 102 valence electrons. The third kappa shape index (κ3) is 3.88. The zero-order chi connectivity index (χ0) is 13.7. The van der Waals surface area contributed by atoms with Gasteiger partial charge in [-0.25, -0.2) is 4.39 Å². The zero-order valence-electron chi connectivity index (χ0n) is 11.4. The zero-order valence-corrected chi connectivity index (χ0v) is 12.3. The van der Waals surface area contributed by atoms with Crippen LogP contribution in [-0.2, 0) is 19.4 Å². The molecule has 0 aliphatic rings. The first-order valence-corrected chi connectivity index (χ1v) is 7.60. The summed E-state index contributed by atoms with van der Waals surface area (Å²) in [6.45, 7) is 5.15. The maximum absolute atomic E-state index is 13.6. The number of aryl methyl sites for hydroxylation is 1. The average Bonchev–Trinajstić information content (AvgIpc) is 2.86. The van der Waals surface area contributed by atoms with E-state index in [-0.39, 0.29) is 11.9 Å². The average molecular weight is 277 g/mol. The van der Waals surface area contributed by atoms with Crippen LogP contribution in [0.5, 0.6) is 0 Å². The van der Waals surface area contributed by atoms with Gasteiger partial charge in [0.1, 0.15) is 5.82 Å². The summed E-state index contributed by atoms with van der Waals surface area (Å²) in [4.78, 5) is 1.39. The Labute approximate surface area is 118 Å². The van der Waals surface area contributed by atoms with Crippen LogP contribution >= 0.6 is 11.3 Å². The predicted octanol–water partition coefficient (Wildman–Crippen LogP) is 4.17. The fourth-order valence-corrected chi connectivity index (χ4v) is 3.10. The predicted molar refractivity (Wildman–Crippen MR) is 80.1 cm³/mol. The van der Waals surface area contributed by atoms with Crippen LogP contribution in [0.4, 0.5) is 4.39 Å². The van der Waals surface area contributed by atoms with Crippen molar-refractivity contribution in [2.24, 2.45) is 0 Å². The van der Waals surface area contributed by atoms with Gasteiger partial charge in [-0.3, -0.25) is 0 Å². The van der Waals surface area contributed by atoms with Gasteiger partial charge in [-0.2, -0.15) is 0 Å². The Balaban J connectivity index is 1.88. The Hall–Kier alpha value is -1.19. The van der Waals surface area contributed by atoms with Crippen LogP contribution in [0.25, 0.3) is 0 Å². The van der Waals surface area contributed by atoms with Gasteiger partial charge in [0.2, 0.25) is 0 Å². The standard InChI is InChI=1S/C16H20FNS/c1-3-13-8-9-19-16(13)11-18-12(2)10-14-6-4-5-7-15(14)17/h4-9,12,18H,3,10-11H2,1-2H3. The van der Waals surface area contributed by atoms with Crippen molar-refractivity contribution in [2.45, 2.75) is 39.3 Å². The van der Waals surface area contributed by atoms with Crippen LogP contribution in [0.3, 0.4) is 0 Å². The number of thiophene rings is 1. The molecule has 0 amide bonds. The molecule has 2 aromatic rings. The Morgan fingerprint density at radius 1 is 1.21 bits per heavy atom. The largest absolute Gasteiger partial charge is 0.309 e. The van der Waals surface area contributed by atoms with Gasteiger partial charge in [0.25, 0.3) is 0 Å². The molecule has 0 aliphatic carbocycles. The van der Waals surface area contributed by atoms with Gasteiger partial charge < -0.3 is 5.32 Å². The van der Waals surface area contributed by atoms with Crippen LogP contribution in [0, 0.1) is 5.82 Å². The molecule has 1 nitrogen and oxygen atoms in total. The van der Waals surface area contributed by atoms with E-state index < -0.39 is 0 Å². The van der Waals surface area contributed by atoms with E-state index in [0.717, 1.165) is 24.9 Å². The van der Waals surface area contributed by atoms with Crippen molar-refractivity contribution in [2.75, 3.05) is 0 Å². The SMILES string of the molecule is CCc1ccsc1CNC(C)Cc1ccccc1F. The van der Waals surface area contributed by atoms with E-state index >= 15 is 0 Å². The van der Waals surface area contributed by atoms with Crippen molar-refractivity contribution >= 4 is 11.3 Å². The summed E-state index contributed by atoms with van der Waals surface area (Å²) in [6, 6.07) is 9.45. The summed E-state index contributed by atoms with van der Waals surface area (Å²) >= 11 is 1.79. The molecule has 0 saturated carbocycles. The van der Waals surface area contributed by atoms with Crippen molar-refractivity contribution in [3.63, 3.8) is 0 Å². The van der Waals surface area contributed by atoms with Crippen LogP contribution in [0.15, 0.2) is 35.7 Å². The molecule has 1 aromatic carbocycles. The molecule has 2 rings (SSSR count). The molecule has 0 aliphatic heterocycles. The van der Waals surface area contributed by atoms with Crippen LogP contribution in [0.1, 0.15) is 29.9 Å². The van der Waals surface area contributed by atoms with E-state index in [9.17, 15) is 4.39 Å². The molecular weight excluding hydrogens is 257 g/mol. The number of hydrogen-bond donors (Lipinski definition) is 1. The second kappa shape index (κ2) is 6.83. The Kier molecular flexibility index (Phi) is 5.11. The minimum atomic E-state index is -0.110. The normalized spacial score (nSPS) is 12.6. The minimum absolute atomic E-state index is 0.110. The molecule has 19 heavy (non-hydrogen) atoms. The Bertz CT molecular complexity index is 521. The maximum Gasteiger partial charge on any atom is 0.126 e. The first-order chi connectivity index (χ1) is 9.20. The number of benzene rings is 1. The quantitative estimate of drug-likeness (QED) is 0.835. The number of nitrogens with one attached hydrogen (secondary N) is 1. The summed E-state index contributed by atoms with van der Waals surface area (Å²) in [7, 11) is 0. The Morgan fingerprint density at radius 3 is 2.74 bits per heavy atom. The van der Waals surface area contributed by atoms with Gasteiger partial charge in [0, 0.05) is 17.5 Å². The molecule has 1 N–H and O–H groups in total. The fourth-order valence-electron chi connectivity index (χ4n) is 2.17. The van der Waals surface area contributed by atoms with Gasteiger partial charge in [-0.05, 0) is 48.4 Å². The lowest BCUT2D eigenvalue weighted by atomic mass is 10.1. The lowest BCUT2D eigenvalue weighted by Crippen LogP contribution is -2.27. The highest BCUT2D eigenvalue weighted by Gasteiger charge is 2.08. The molecule has 1 aromatic heterocycles. The van der Waals surface area contributed by atoms with Crippen molar-refractivity contribution in [1.29, 1.82) is 0 Å². The highest BCUT2D eigenvalue weighted by atomic mass is 32.1. The third-order valence-corrected chi connectivity index (χ3v) is 4.28. The van der Waals surface area contributed by atoms with Gasteiger partial charge >= 0.3 is 0 Å². The summed E-state index contributed by atoms with van der Waals surface area (Å²) in [5, 5.41) is 5.62. The molecule has 0 bridgehead atoms.